The minimum Gasteiger partial charge on any atom is -0.394 e. The highest BCUT2D eigenvalue weighted by Crippen LogP contribution is 2.01. The van der Waals surface area contributed by atoms with Crippen LogP contribution in [0, 0.1) is 0 Å². The van der Waals surface area contributed by atoms with Crippen LogP contribution in [0.3, 0.4) is 0 Å². The van der Waals surface area contributed by atoms with Crippen molar-refractivity contribution in [2.45, 2.75) is 19.4 Å². The molecule has 3 nitrogen and oxygen atoms in total. The smallest absolute Gasteiger partial charge is 0.0716 e. The van der Waals surface area contributed by atoms with Gasteiger partial charge in [-0.3, -0.25) is 0 Å². The number of ether oxygens (including phenoxy) is 2. The molecule has 1 aromatic carbocycles. The Kier molecular flexibility index (Phi) is 7.68. The van der Waals surface area contributed by atoms with Crippen molar-refractivity contribution in [2.24, 2.45) is 0 Å². The zero-order valence-electron chi connectivity index (χ0n) is 9.60. The Balaban J connectivity index is 1.89. The summed E-state index contributed by atoms with van der Waals surface area (Å²) in [6, 6.07) is 10.2. The minimum atomic E-state index is 0.102. The maximum absolute atomic E-state index is 8.48. The molecule has 0 heterocycles. The lowest BCUT2D eigenvalue weighted by atomic mass is 10.2. The number of unbranched alkanes of at least 4 members (excludes halogenated alkanes) is 1. The van der Waals surface area contributed by atoms with E-state index in [0.29, 0.717) is 19.8 Å². The van der Waals surface area contributed by atoms with Crippen molar-refractivity contribution in [3.63, 3.8) is 0 Å². The molecule has 0 bridgehead atoms. The molecular formula is C13H20O3. The van der Waals surface area contributed by atoms with Crippen molar-refractivity contribution in [2.75, 3.05) is 26.4 Å². The lowest BCUT2D eigenvalue weighted by Gasteiger charge is -2.04. The van der Waals surface area contributed by atoms with Gasteiger partial charge in [0.25, 0.3) is 0 Å². The van der Waals surface area contributed by atoms with Crippen molar-refractivity contribution in [1.29, 1.82) is 0 Å². The molecule has 1 rings (SSSR count). The molecule has 3 heteroatoms. The molecule has 0 unspecified atom stereocenters. The molecule has 0 aliphatic rings. The number of rotatable bonds is 9. The molecule has 0 spiro atoms. The Bertz CT molecular complexity index is 249. The summed E-state index contributed by atoms with van der Waals surface area (Å²) in [7, 11) is 0. The number of hydrogen-bond donors (Lipinski definition) is 1. The monoisotopic (exact) mass is 224 g/mol. The van der Waals surface area contributed by atoms with Crippen LogP contribution in [0.2, 0.25) is 0 Å². The van der Waals surface area contributed by atoms with Crippen LogP contribution in [0.4, 0.5) is 0 Å². The van der Waals surface area contributed by atoms with Crippen molar-refractivity contribution < 1.29 is 14.6 Å². The van der Waals surface area contributed by atoms with Gasteiger partial charge in [-0.2, -0.15) is 0 Å². The predicted molar refractivity (Wildman–Crippen MR) is 63.2 cm³/mol. The summed E-state index contributed by atoms with van der Waals surface area (Å²) in [5, 5.41) is 8.48. The van der Waals surface area contributed by atoms with Crippen molar-refractivity contribution in [3.8, 4) is 0 Å². The highest BCUT2D eigenvalue weighted by atomic mass is 16.5. The molecule has 1 N–H and O–H groups in total. The molecule has 0 radical (unpaired) electrons. The molecule has 90 valence electrons. The van der Waals surface area contributed by atoms with Crippen molar-refractivity contribution >= 4 is 0 Å². The van der Waals surface area contributed by atoms with Gasteiger partial charge in [0.15, 0.2) is 0 Å². The van der Waals surface area contributed by atoms with Gasteiger partial charge >= 0.3 is 0 Å². The first kappa shape index (κ1) is 13.2. The summed E-state index contributed by atoms with van der Waals surface area (Å²) < 4.78 is 10.7. The summed E-state index contributed by atoms with van der Waals surface area (Å²) in [4.78, 5) is 0. The molecule has 0 amide bonds. The molecule has 0 saturated heterocycles. The SMILES string of the molecule is OCCOCCCCOCc1ccccc1. The van der Waals surface area contributed by atoms with E-state index in [1.807, 2.05) is 18.2 Å². The summed E-state index contributed by atoms with van der Waals surface area (Å²) in [6.45, 7) is 2.68. The fraction of sp³-hybridized carbons (Fsp3) is 0.538. The lowest BCUT2D eigenvalue weighted by molar-refractivity contribution is 0.0764. The van der Waals surface area contributed by atoms with Gasteiger partial charge in [0.1, 0.15) is 0 Å². The Morgan fingerprint density at radius 2 is 1.56 bits per heavy atom. The van der Waals surface area contributed by atoms with Crippen LogP contribution in [-0.4, -0.2) is 31.5 Å². The van der Waals surface area contributed by atoms with Crippen LogP contribution in [0.15, 0.2) is 30.3 Å². The van der Waals surface area contributed by atoms with Gasteiger partial charge in [-0.15, -0.1) is 0 Å². The number of aliphatic hydroxyl groups is 1. The Hall–Kier alpha value is -0.900. The minimum absolute atomic E-state index is 0.102. The predicted octanol–water partition coefficient (Wildman–Crippen LogP) is 1.99. The van der Waals surface area contributed by atoms with Gasteiger partial charge in [0.2, 0.25) is 0 Å². The summed E-state index contributed by atoms with van der Waals surface area (Å²) in [5.41, 5.74) is 1.21. The van der Waals surface area contributed by atoms with Gasteiger partial charge < -0.3 is 14.6 Å². The molecule has 0 saturated carbocycles. The summed E-state index contributed by atoms with van der Waals surface area (Å²) in [6.07, 6.45) is 1.98. The van der Waals surface area contributed by atoms with E-state index in [0.717, 1.165) is 19.4 Å². The van der Waals surface area contributed by atoms with Crippen LogP contribution >= 0.6 is 0 Å². The van der Waals surface area contributed by atoms with Gasteiger partial charge in [-0.1, -0.05) is 30.3 Å². The van der Waals surface area contributed by atoms with Crippen LogP contribution in [0.25, 0.3) is 0 Å². The first-order chi connectivity index (χ1) is 7.93. The molecule has 0 aliphatic heterocycles. The molecule has 16 heavy (non-hydrogen) atoms. The second-order valence-corrected chi connectivity index (χ2v) is 3.58. The number of aliphatic hydroxyl groups excluding tert-OH is 1. The van der Waals surface area contributed by atoms with Crippen LogP contribution in [0.5, 0.6) is 0 Å². The van der Waals surface area contributed by atoms with Gasteiger partial charge in [-0.25, -0.2) is 0 Å². The Morgan fingerprint density at radius 3 is 2.25 bits per heavy atom. The van der Waals surface area contributed by atoms with E-state index in [2.05, 4.69) is 12.1 Å². The fourth-order valence-corrected chi connectivity index (χ4v) is 1.34. The zero-order valence-corrected chi connectivity index (χ0v) is 9.60. The van der Waals surface area contributed by atoms with Crippen molar-refractivity contribution in [1.82, 2.24) is 0 Å². The quantitative estimate of drug-likeness (QED) is 0.652. The third-order valence-corrected chi connectivity index (χ3v) is 2.17. The largest absolute Gasteiger partial charge is 0.394 e. The van der Waals surface area contributed by atoms with E-state index in [9.17, 15) is 0 Å². The van der Waals surface area contributed by atoms with E-state index in [-0.39, 0.29) is 6.61 Å². The standard InChI is InChI=1S/C13H20O3/c14-8-11-15-9-4-5-10-16-12-13-6-2-1-3-7-13/h1-3,6-7,14H,4-5,8-12H2. The summed E-state index contributed by atoms with van der Waals surface area (Å²) in [5.74, 6) is 0. The molecule has 0 fully saturated rings. The maximum Gasteiger partial charge on any atom is 0.0716 e. The first-order valence-electron chi connectivity index (χ1n) is 5.74. The molecule has 0 aliphatic carbocycles. The molecule has 1 aromatic rings. The van der Waals surface area contributed by atoms with E-state index >= 15 is 0 Å². The second kappa shape index (κ2) is 9.33. The highest BCUT2D eigenvalue weighted by molar-refractivity contribution is 5.13. The summed E-state index contributed by atoms with van der Waals surface area (Å²) >= 11 is 0. The fourth-order valence-electron chi connectivity index (χ4n) is 1.34. The van der Waals surface area contributed by atoms with E-state index in [1.165, 1.54) is 5.56 Å². The van der Waals surface area contributed by atoms with Crippen molar-refractivity contribution in [3.05, 3.63) is 35.9 Å². The zero-order chi connectivity index (χ0) is 11.5. The highest BCUT2D eigenvalue weighted by Gasteiger charge is 1.92. The lowest BCUT2D eigenvalue weighted by Crippen LogP contribution is -2.02. The van der Waals surface area contributed by atoms with E-state index in [1.54, 1.807) is 0 Å². The molecular weight excluding hydrogens is 204 g/mol. The van der Waals surface area contributed by atoms with Gasteiger partial charge in [0, 0.05) is 13.2 Å². The maximum atomic E-state index is 8.48. The van der Waals surface area contributed by atoms with Gasteiger partial charge in [-0.05, 0) is 18.4 Å². The normalized spacial score (nSPS) is 10.6. The average molecular weight is 224 g/mol. The van der Waals surface area contributed by atoms with E-state index in [4.69, 9.17) is 14.6 Å². The third-order valence-electron chi connectivity index (χ3n) is 2.17. The Labute approximate surface area is 97.0 Å². The van der Waals surface area contributed by atoms with Crippen LogP contribution < -0.4 is 0 Å². The Morgan fingerprint density at radius 1 is 0.875 bits per heavy atom. The van der Waals surface area contributed by atoms with E-state index < -0.39 is 0 Å². The average Bonchev–Trinajstić information content (AvgIpc) is 2.34. The molecule has 0 atom stereocenters. The second-order valence-electron chi connectivity index (χ2n) is 3.58. The first-order valence-corrected chi connectivity index (χ1v) is 5.74. The third kappa shape index (κ3) is 6.56. The topological polar surface area (TPSA) is 38.7 Å². The van der Waals surface area contributed by atoms with Crippen LogP contribution in [-0.2, 0) is 16.1 Å². The number of benzene rings is 1. The van der Waals surface area contributed by atoms with Gasteiger partial charge in [0.05, 0.1) is 19.8 Å². The number of hydrogen-bond acceptors (Lipinski definition) is 3. The van der Waals surface area contributed by atoms with Crippen LogP contribution in [0.1, 0.15) is 18.4 Å². The molecule has 0 aromatic heterocycles.